The minimum absolute atomic E-state index is 0.0743. The number of carbonyl (C=O) groups excluding carboxylic acids is 1. The highest BCUT2D eigenvalue weighted by Crippen LogP contribution is 2.19. The average Bonchev–Trinajstić information content (AvgIpc) is 2.20. The summed E-state index contributed by atoms with van der Waals surface area (Å²) in [6.07, 6.45) is 0.436. The summed E-state index contributed by atoms with van der Waals surface area (Å²) in [6.45, 7) is 3.32. The molecule has 0 radical (unpaired) electrons. The zero-order valence-electron chi connectivity index (χ0n) is 9.21. The molecule has 0 saturated heterocycles. The molecular formula is C12H15FO2. The Hall–Kier alpha value is -1.38. The van der Waals surface area contributed by atoms with Crippen molar-refractivity contribution in [1.82, 2.24) is 0 Å². The third-order valence-electron chi connectivity index (χ3n) is 2.48. The Bertz CT molecular complexity index is 361. The normalized spacial score (nSPS) is 12.3. The Kier molecular flexibility index (Phi) is 3.83. The van der Waals surface area contributed by atoms with Gasteiger partial charge < -0.3 is 4.74 Å². The molecule has 2 nitrogen and oxygen atoms in total. The van der Waals surface area contributed by atoms with Gasteiger partial charge in [-0.1, -0.05) is 13.0 Å². The summed E-state index contributed by atoms with van der Waals surface area (Å²) < 4.78 is 18.4. The number of hydrogen-bond donors (Lipinski definition) is 0. The second kappa shape index (κ2) is 4.91. The van der Waals surface area contributed by atoms with Crippen molar-refractivity contribution < 1.29 is 13.9 Å². The van der Waals surface area contributed by atoms with E-state index in [-0.39, 0.29) is 17.5 Å². The van der Waals surface area contributed by atoms with Crippen LogP contribution in [0.15, 0.2) is 18.2 Å². The van der Waals surface area contributed by atoms with Crippen molar-refractivity contribution in [1.29, 1.82) is 0 Å². The van der Waals surface area contributed by atoms with Crippen LogP contribution in [0.25, 0.3) is 0 Å². The molecule has 82 valence electrons. The van der Waals surface area contributed by atoms with E-state index in [2.05, 4.69) is 0 Å². The molecule has 0 bridgehead atoms. The summed E-state index contributed by atoms with van der Waals surface area (Å²) >= 11 is 0. The van der Waals surface area contributed by atoms with E-state index in [1.54, 1.807) is 19.1 Å². The van der Waals surface area contributed by atoms with Crippen LogP contribution in [-0.4, -0.2) is 12.9 Å². The number of halogens is 1. The minimum Gasteiger partial charge on any atom is -0.497 e. The van der Waals surface area contributed by atoms with Gasteiger partial charge in [0, 0.05) is 12.0 Å². The summed E-state index contributed by atoms with van der Waals surface area (Å²) in [6, 6.07) is 4.70. The molecule has 1 atom stereocenters. The van der Waals surface area contributed by atoms with Gasteiger partial charge in [-0.15, -0.1) is 0 Å². The van der Waals surface area contributed by atoms with E-state index < -0.39 is 0 Å². The second-order valence-corrected chi connectivity index (χ2v) is 3.67. The smallest absolute Gasteiger partial charge is 0.132 e. The van der Waals surface area contributed by atoms with E-state index in [1.165, 1.54) is 20.1 Å². The van der Waals surface area contributed by atoms with Crippen molar-refractivity contribution in [3.05, 3.63) is 29.6 Å². The summed E-state index contributed by atoms with van der Waals surface area (Å²) in [5, 5.41) is 0. The Morgan fingerprint density at radius 2 is 2.20 bits per heavy atom. The van der Waals surface area contributed by atoms with Gasteiger partial charge in [0.1, 0.15) is 17.3 Å². The molecule has 3 heteroatoms. The Morgan fingerprint density at radius 3 is 2.67 bits per heavy atom. The fraction of sp³-hybridized carbons (Fsp3) is 0.417. The molecule has 0 aromatic heterocycles. The quantitative estimate of drug-likeness (QED) is 0.763. The van der Waals surface area contributed by atoms with Gasteiger partial charge in [0.2, 0.25) is 0 Å². The predicted molar refractivity (Wildman–Crippen MR) is 56.5 cm³/mol. The molecule has 1 rings (SSSR count). The van der Waals surface area contributed by atoms with Gasteiger partial charge in [0.15, 0.2) is 0 Å². The zero-order valence-corrected chi connectivity index (χ0v) is 9.21. The molecule has 15 heavy (non-hydrogen) atoms. The van der Waals surface area contributed by atoms with Gasteiger partial charge in [0.05, 0.1) is 7.11 Å². The summed E-state index contributed by atoms with van der Waals surface area (Å²) in [5.74, 6) is 0.104. The molecular weight excluding hydrogens is 195 g/mol. The van der Waals surface area contributed by atoms with Gasteiger partial charge >= 0.3 is 0 Å². The van der Waals surface area contributed by atoms with Crippen LogP contribution in [0.2, 0.25) is 0 Å². The first kappa shape index (κ1) is 11.7. The van der Waals surface area contributed by atoms with Gasteiger partial charge in [-0.25, -0.2) is 4.39 Å². The number of carbonyl (C=O) groups is 1. The third-order valence-corrected chi connectivity index (χ3v) is 2.48. The summed E-state index contributed by atoms with van der Waals surface area (Å²) in [7, 11) is 1.49. The molecule has 1 aromatic rings. The average molecular weight is 210 g/mol. The maximum atomic E-state index is 13.5. The SMILES string of the molecule is COc1ccc(CC(C)C(C)=O)c(F)c1. The largest absolute Gasteiger partial charge is 0.497 e. The van der Waals surface area contributed by atoms with Crippen LogP contribution in [0.1, 0.15) is 19.4 Å². The molecule has 0 heterocycles. The van der Waals surface area contributed by atoms with Crippen molar-refractivity contribution in [2.24, 2.45) is 5.92 Å². The van der Waals surface area contributed by atoms with E-state index in [0.717, 1.165) is 0 Å². The van der Waals surface area contributed by atoms with Crippen molar-refractivity contribution in [2.75, 3.05) is 7.11 Å². The highest BCUT2D eigenvalue weighted by molar-refractivity contribution is 5.78. The van der Waals surface area contributed by atoms with Crippen molar-refractivity contribution in [3.8, 4) is 5.75 Å². The number of ketones is 1. The van der Waals surface area contributed by atoms with Crippen LogP contribution >= 0.6 is 0 Å². The predicted octanol–water partition coefficient (Wildman–Crippen LogP) is 2.60. The van der Waals surface area contributed by atoms with Gasteiger partial charge in [-0.2, -0.15) is 0 Å². The first-order valence-corrected chi connectivity index (χ1v) is 4.87. The maximum absolute atomic E-state index is 13.5. The molecule has 0 aliphatic rings. The van der Waals surface area contributed by atoms with Gasteiger partial charge in [-0.3, -0.25) is 4.79 Å². The number of methoxy groups -OCH3 is 1. The number of rotatable bonds is 4. The van der Waals surface area contributed by atoms with Crippen LogP contribution in [0, 0.1) is 11.7 Å². The van der Waals surface area contributed by atoms with Crippen molar-refractivity contribution in [2.45, 2.75) is 20.3 Å². The molecule has 1 aromatic carbocycles. The fourth-order valence-electron chi connectivity index (χ4n) is 1.29. The van der Waals surface area contributed by atoms with Crippen LogP contribution in [0.5, 0.6) is 5.75 Å². The fourth-order valence-corrected chi connectivity index (χ4v) is 1.29. The van der Waals surface area contributed by atoms with E-state index in [0.29, 0.717) is 17.7 Å². The van der Waals surface area contributed by atoms with Crippen molar-refractivity contribution >= 4 is 5.78 Å². The molecule has 0 fully saturated rings. The third kappa shape index (κ3) is 3.05. The van der Waals surface area contributed by atoms with Crippen molar-refractivity contribution in [3.63, 3.8) is 0 Å². The molecule has 0 spiro atoms. The first-order chi connectivity index (χ1) is 7.04. The zero-order chi connectivity index (χ0) is 11.4. The number of benzene rings is 1. The Morgan fingerprint density at radius 1 is 1.53 bits per heavy atom. The Balaban J connectivity index is 2.82. The maximum Gasteiger partial charge on any atom is 0.132 e. The lowest BCUT2D eigenvalue weighted by Crippen LogP contribution is -2.10. The lowest BCUT2D eigenvalue weighted by atomic mass is 9.97. The lowest BCUT2D eigenvalue weighted by molar-refractivity contribution is -0.120. The van der Waals surface area contributed by atoms with E-state index >= 15 is 0 Å². The molecule has 0 aliphatic carbocycles. The molecule has 0 saturated carbocycles. The molecule has 0 N–H and O–H groups in total. The molecule has 0 amide bonds. The lowest BCUT2D eigenvalue weighted by Gasteiger charge is -2.09. The number of ether oxygens (including phenoxy) is 1. The minimum atomic E-state index is -0.317. The summed E-state index contributed by atoms with van der Waals surface area (Å²) in [4.78, 5) is 11.0. The molecule has 1 unspecified atom stereocenters. The van der Waals surface area contributed by atoms with Crippen LogP contribution in [0.4, 0.5) is 4.39 Å². The molecule has 0 aliphatic heterocycles. The monoisotopic (exact) mass is 210 g/mol. The highest BCUT2D eigenvalue weighted by atomic mass is 19.1. The number of Topliss-reactive ketones (excluding diaryl/α,β-unsaturated/α-hetero) is 1. The standard InChI is InChI=1S/C12H15FO2/c1-8(9(2)14)6-10-4-5-11(15-3)7-12(10)13/h4-5,7-8H,6H2,1-3H3. The van der Waals surface area contributed by atoms with E-state index in [4.69, 9.17) is 4.74 Å². The van der Waals surface area contributed by atoms with Gasteiger partial charge in [0.25, 0.3) is 0 Å². The van der Waals surface area contributed by atoms with Crippen LogP contribution in [-0.2, 0) is 11.2 Å². The second-order valence-electron chi connectivity index (χ2n) is 3.67. The Labute approximate surface area is 89.1 Å². The van der Waals surface area contributed by atoms with Gasteiger partial charge in [-0.05, 0) is 25.0 Å². The van der Waals surface area contributed by atoms with Crippen LogP contribution < -0.4 is 4.74 Å². The highest BCUT2D eigenvalue weighted by Gasteiger charge is 2.12. The first-order valence-electron chi connectivity index (χ1n) is 4.87. The van der Waals surface area contributed by atoms with Crippen LogP contribution in [0.3, 0.4) is 0 Å². The van der Waals surface area contributed by atoms with E-state index in [9.17, 15) is 9.18 Å². The summed E-state index contributed by atoms with van der Waals surface area (Å²) in [5.41, 5.74) is 0.554. The number of hydrogen-bond acceptors (Lipinski definition) is 2. The topological polar surface area (TPSA) is 26.3 Å². The van der Waals surface area contributed by atoms with E-state index in [1.807, 2.05) is 0 Å².